The molecule has 1 aliphatic heterocycles. The van der Waals surface area contributed by atoms with E-state index < -0.39 is 0 Å². The lowest BCUT2D eigenvalue weighted by Gasteiger charge is -2.36. The number of nitrogens with zero attached hydrogens (tertiary/aromatic N) is 4. The second kappa shape index (κ2) is 12.2. The molecule has 2 N–H and O–H groups in total. The minimum atomic E-state index is 0. The second-order valence-corrected chi connectivity index (χ2v) is 7.32. The monoisotopic (exact) mass is 500 g/mol. The van der Waals surface area contributed by atoms with Crippen LogP contribution in [0.2, 0.25) is 0 Å². The zero-order valence-corrected chi connectivity index (χ0v) is 19.1. The second-order valence-electron chi connectivity index (χ2n) is 7.32. The van der Waals surface area contributed by atoms with Crippen molar-refractivity contribution in [3.8, 4) is 0 Å². The summed E-state index contributed by atoms with van der Waals surface area (Å²) in [4.78, 5) is 25.6. The first kappa shape index (κ1) is 22.9. The zero-order chi connectivity index (χ0) is 18.9. The van der Waals surface area contributed by atoms with Gasteiger partial charge in [0.1, 0.15) is 0 Å². The predicted molar refractivity (Wildman–Crippen MR) is 123 cm³/mol. The molecule has 1 aliphatic carbocycles. The number of guanidine groups is 1. The van der Waals surface area contributed by atoms with Crippen molar-refractivity contribution in [2.24, 2.45) is 10.9 Å². The van der Waals surface area contributed by atoms with Gasteiger partial charge in [-0.25, -0.2) is 0 Å². The molecular formula is C20H33IN6O. The number of aliphatic imine (C=N–C) groups is 1. The van der Waals surface area contributed by atoms with Gasteiger partial charge in [0.05, 0.1) is 12.2 Å². The molecule has 1 amide bonds. The van der Waals surface area contributed by atoms with Crippen LogP contribution in [0.15, 0.2) is 29.4 Å². The third-order valence-electron chi connectivity index (χ3n) is 5.50. The Morgan fingerprint density at radius 2 is 1.93 bits per heavy atom. The van der Waals surface area contributed by atoms with Crippen LogP contribution in [0, 0.1) is 5.92 Å². The highest BCUT2D eigenvalue weighted by Gasteiger charge is 2.29. The third kappa shape index (κ3) is 6.88. The summed E-state index contributed by atoms with van der Waals surface area (Å²) < 4.78 is 0. The maximum atomic E-state index is 12.5. The summed E-state index contributed by atoms with van der Waals surface area (Å²) >= 11 is 0. The first-order valence-corrected chi connectivity index (χ1v) is 10.1. The average Bonchev–Trinajstić information content (AvgIpc) is 3.26. The number of hydrogen-bond acceptors (Lipinski definition) is 4. The van der Waals surface area contributed by atoms with Crippen molar-refractivity contribution in [2.45, 2.75) is 32.2 Å². The molecule has 0 spiro atoms. The molecule has 28 heavy (non-hydrogen) atoms. The van der Waals surface area contributed by atoms with Crippen molar-refractivity contribution in [3.05, 3.63) is 30.1 Å². The summed E-state index contributed by atoms with van der Waals surface area (Å²) in [5.74, 6) is 1.48. The van der Waals surface area contributed by atoms with E-state index in [1.807, 2.05) is 18.2 Å². The Labute approximate surface area is 185 Å². The smallest absolute Gasteiger partial charge is 0.225 e. The highest BCUT2D eigenvalue weighted by atomic mass is 127. The molecule has 7 nitrogen and oxygen atoms in total. The lowest BCUT2D eigenvalue weighted by Crippen LogP contribution is -2.51. The number of carbonyl (C=O) groups excluding carboxylic acids is 1. The Kier molecular flexibility index (Phi) is 9.97. The van der Waals surface area contributed by atoms with E-state index in [-0.39, 0.29) is 24.0 Å². The largest absolute Gasteiger partial charge is 0.355 e. The number of halogens is 1. The molecular weight excluding hydrogens is 467 g/mol. The van der Waals surface area contributed by atoms with Crippen molar-refractivity contribution in [1.82, 2.24) is 25.4 Å². The maximum Gasteiger partial charge on any atom is 0.225 e. The number of amides is 1. The van der Waals surface area contributed by atoms with Crippen LogP contribution in [-0.4, -0.2) is 73.0 Å². The Morgan fingerprint density at radius 3 is 2.57 bits per heavy atom. The fourth-order valence-corrected chi connectivity index (χ4v) is 3.85. The maximum absolute atomic E-state index is 12.5. The zero-order valence-electron chi connectivity index (χ0n) is 16.8. The van der Waals surface area contributed by atoms with Crippen LogP contribution < -0.4 is 10.6 Å². The van der Waals surface area contributed by atoms with E-state index >= 15 is 0 Å². The van der Waals surface area contributed by atoms with Gasteiger partial charge in [0.2, 0.25) is 5.91 Å². The molecule has 0 atom stereocenters. The van der Waals surface area contributed by atoms with E-state index in [4.69, 9.17) is 0 Å². The normalized spacial score (nSPS) is 18.6. The lowest BCUT2D eigenvalue weighted by molar-refractivity contribution is -0.137. The number of nitrogens with one attached hydrogen (secondary N) is 2. The Morgan fingerprint density at radius 1 is 1.18 bits per heavy atom. The molecule has 3 rings (SSSR count). The lowest BCUT2D eigenvalue weighted by atomic mass is 10.1. The summed E-state index contributed by atoms with van der Waals surface area (Å²) in [6, 6.07) is 5.89. The van der Waals surface area contributed by atoms with Crippen LogP contribution in [0.4, 0.5) is 0 Å². The fraction of sp³-hybridized carbons (Fsp3) is 0.650. The average molecular weight is 500 g/mol. The fourth-order valence-electron chi connectivity index (χ4n) is 3.85. The molecule has 8 heteroatoms. The molecule has 156 valence electrons. The number of aromatic nitrogens is 1. The SMILES string of the molecule is CN=C(NCCN1CCN(C(=O)C2CCCC2)CC1)NCc1ccccn1.I. The van der Waals surface area contributed by atoms with E-state index in [9.17, 15) is 4.79 Å². The van der Waals surface area contributed by atoms with E-state index in [0.717, 1.165) is 63.8 Å². The van der Waals surface area contributed by atoms with Gasteiger partial charge in [-0.15, -0.1) is 24.0 Å². The van der Waals surface area contributed by atoms with E-state index in [0.29, 0.717) is 18.4 Å². The number of piperazine rings is 1. The molecule has 2 fully saturated rings. The van der Waals surface area contributed by atoms with Crippen LogP contribution in [0.1, 0.15) is 31.4 Å². The van der Waals surface area contributed by atoms with E-state index in [1.54, 1.807) is 13.2 Å². The third-order valence-corrected chi connectivity index (χ3v) is 5.50. The van der Waals surface area contributed by atoms with Crippen molar-refractivity contribution in [3.63, 3.8) is 0 Å². The molecule has 1 aromatic rings. The summed E-state index contributed by atoms with van der Waals surface area (Å²) in [6.45, 7) is 6.08. The highest BCUT2D eigenvalue weighted by molar-refractivity contribution is 14.0. The number of carbonyl (C=O) groups is 1. The first-order chi connectivity index (χ1) is 13.3. The van der Waals surface area contributed by atoms with Crippen LogP contribution in [0.3, 0.4) is 0 Å². The Balaban J connectivity index is 0.00000280. The molecule has 0 radical (unpaired) electrons. The molecule has 0 unspecified atom stereocenters. The van der Waals surface area contributed by atoms with Gasteiger partial charge in [0, 0.05) is 58.4 Å². The van der Waals surface area contributed by atoms with Crippen molar-refractivity contribution in [2.75, 3.05) is 46.3 Å². The molecule has 1 aromatic heterocycles. The number of hydrogen-bond donors (Lipinski definition) is 2. The molecule has 1 saturated heterocycles. The molecule has 0 bridgehead atoms. The van der Waals surface area contributed by atoms with Gasteiger partial charge in [0.25, 0.3) is 0 Å². The predicted octanol–water partition coefficient (Wildman–Crippen LogP) is 1.70. The minimum Gasteiger partial charge on any atom is -0.355 e. The van der Waals surface area contributed by atoms with Gasteiger partial charge in [-0.2, -0.15) is 0 Å². The van der Waals surface area contributed by atoms with Gasteiger partial charge in [-0.3, -0.25) is 19.7 Å². The van der Waals surface area contributed by atoms with Gasteiger partial charge in [-0.05, 0) is 25.0 Å². The van der Waals surface area contributed by atoms with Crippen LogP contribution in [0.5, 0.6) is 0 Å². The summed E-state index contributed by atoms with van der Waals surface area (Å²) in [7, 11) is 1.78. The van der Waals surface area contributed by atoms with E-state index in [2.05, 4.69) is 30.4 Å². The van der Waals surface area contributed by atoms with Crippen molar-refractivity contribution >= 4 is 35.8 Å². The molecule has 0 aromatic carbocycles. The number of pyridine rings is 1. The molecule has 2 aliphatic rings. The Bertz CT molecular complexity index is 612. The van der Waals surface area contributed by atoms with Crippen LogP contribution >= 0.6 is 24.0 Å². The summed E-state index contributed by atoms with van der Waals surface area (Å²) in [6.07, 6.45) is 6.42. The quantitative estimate of drug-likeness (QED) is 0.354. The van der Waals surface area contributed by atoms with Gasteiger partial charge >= 0.3 is 0 Å². The van der Waals surface area contributed by atoms with Crippen LogP contribution in [-0.2, 0) is 11.3 Å². The van der Waals surface area contributed by atoms with Gasteiger partial charge in [-0.1, -0.05) is 18.9 Å². The van der Waals surface area contributed by atoms with Crippen molar-refractivity contribution < 1.29 is 4.79 Å². The summed E-state index contributed by atoms with van der Waals surface area (Å²) in [5, 5.41) is 6.64. The standard InChI is InChI=1S/C20H32N6O.HI/c1-21-20(24-16-18-8-4-5-9-22-18)23-10-11-25-12-14-26(15-13-25)19(27)17-6-2-3-7-17;/h4-5,8-9,17H,2-3,6-7,10-16H2,1H3,(H2,21,23,24);1H. The highest BCUT2D eigenvalue weighted by Crippen LogP contribution is 2.26. The van der Waals surface area contributed by atoms with E-state index in [1.165, 1.54) is 12.8 Å². The van der Waals surface area contributed by atoms with Gasteiger partial charge < -0.3 is 15.5 Å². The van der Waals surface area contributed by atoms with Crippen molar-refractivity contribution in [1.29, 1.82) is 0 Å². The minimum absolute atomic E-state index is 0. The topological polar surface area (TPSA) is 72.9 Å². The molecule has 1 saturated carbocycles. The first-order valence-electron chi connectivity index (χ1n) is 10.1. The Hall–Kier alpha value is -1.42. The summed E-state index contributed by atoms with van der Waals surface area (Å²) in [5.41, 5.74) is 0.989. The van der Waals surface area contributed by atoms with Crippen LogP contribution in [0.25, 0.3) is 0 Å². The molecule has 2 heterocycles. The van der Waals surface area contributed by atoms with Gasteiger partial charge in [0.15, 0.2) is 5.96 Å². The number of rotatable bonds is 6.